The van der Waals surface area contributed by atoms with E-state index in [1.807, 2.05) is 54.5 Å². The highest BCUT2D eigenvalue weighted by molar-refractivity contribution is 5.56. The fraction of sp³-hybridized carbons (Fsp3) is 0.150. The average Bonchev–Trinajstić information content (AvgIpc) is 3.38. The largest absolute Gasteiger partial charge is 0.283 e. The van der Waals surface area contributed by atoms with Crippen molar-refractivity contribution < 1.29 is 4.92 Å². The van der Waals surface area contributed by atoms with Crippen LogP contribution in [0.25, 0.3) is 17.1 Å². The third-order valence-corrected chi connectivity index (χ3v) is 4.37. The number of nitrogens with zero attached hydrogens (tertiary/aromatic N) is 7. The zero-order valence-electron chi connectivity index (χ0n) is 15.8. The molecule has 0 unspecified atom stereocenters. The second kappa shape index (κ2) is 8.03. The second-order valence-electron chi connectivity index (χ2n) is 6.70. The van der Waals surface area contributed by atoms with Crippen LogP contribution in [0.4, 0.5) is 5.69 Å². The van der Waals surface area contributed by atoms with E-state index in [9.17, 15) is 10.1 Å². The molecule has 0 radical (unpaired) electrons. The first kappa shape index (κ1) is 18.5. The lowest BCUT2D eigenvalue weighted by molar-refractivity contribution is -0.384. The molecule has 0 aliphatic carbocycles. The molecular weight excluding hydrogens is 370 g/mol. The maximum absolute atomic E-state index is 10.8. The van der Waals surface area contributed by atoms with Crippen LogP contribution in [-0.4, -0.2) is 41.4 Å². The molecule has 146 valence electrons. The van der Waals surface area contributed by atoms with Gasteiger partial charge in [-0.25, -0.2) is 14.3 Å². The Morgan fingerprint density at radius 2 is 1.86 bits per heavy atom. The van der Waals surface area contributed by atoms with Crippen molar-refractivity contribution >= 4 is 5.69 Å². The van der Waals surface area contributed by atoms with Gasteiger partial charge in [0.25, 0.3) is 5.69 Å². The summed E-state index contributed by atoms with van der Waals surface area (Å²) in [4.78, 5) is 16.7. The summed E-state index contributed by atoms with van der Waals surface area (Å²) >= 11 is 0. The molecule has 4 aromatic rings. The lowest BCUT2D eigenvalue weighted by Crippen LogP contribution is -2.21. The Labute approximate surface area is 167 Å². The van der Waals surface area contributed by atoms with Gasteiger partial charge in [-0.05, 0) is 31.3 Å². The van der Waals surface area contributed by atoms with Crippen molar-refractivity contribution in [3.8, 4) is 17.1 Å². The molecule has 0 bridgehead atoms. The standard InChI is InChI=1S/C20H19N7O2/c1-24(12-16-11-22-26(13-16)18-5-3-2-4-6-18)15-25-14-21-20(23-25)17-7-9-19(10-8-17)27(28)29/h2-11,13-14H,12,15H2,1H3. The normalized spacial score (nSPS) is 11.1. The Kier molecular flexibility index (Phi) is 5.12. The summed E-state index contributed by atoms with van der Waals surface area (Å²) in [6.07, 6.45) is 5.52. The molecule has 0 saturated carbocycles. The van der Waals surface area contributed by atoms with Gasteiger partial charge < -0.3 is 0 Å². The summed E-state index contributed by atoms with van der Waals surface area (Å²) in [5.74, 6) is 0.533. The molecule has 0 fully saturated rings. The van der Waals surface area contributed by atoms with Gasteiger partial charge in [0.15, 0.2) is 5.82 Å². The van der Waals surface area contributed by atoms with E-state index in [1.165, 1.54) is 12.1 Å². The first-order valence-electron chi connectivity index (χ1n) is 9.00. The highest BCUT2D eigenvalue weighted by Gasteiger charge is 2.10. The molecule has 9 nitrogen and oxygen atoms in total. The van der Waals surface area contributed by atoms with Gasteiger partial charge in [-0.2, -0.15) is 5.10 Å². The van der Waals surface area contributed by atoms with Crippen LogP contribution in [0.2, 0.25) is 0 Å². The van der Waals surface area contributed by atoms with Gasteiger partial charge in [0.05, 0.1) is 23.5 Å². The lowest BCUT2D eigenvalue weighted by Gasteiger charge is -2.14. The Morgan fingerprint density at radius 1 is 1.10 bits per heavy atom. The maximum Gasteiger partial charge on any atom is 0.269 e. The fourth-order valence-corrected chi connectivity index (χ4v) is 3.00. The average molecular weight is 389 g/mol. The molecule has 0 aliphatic heterocycles. The van der Waals surface area contributed by atoms with E-state index in [4.69, 9.17) is 0 Å². The summed E-state index contributed by atoms with van der Waals surface area (Å²) in [6, 6.07) is 16.2. The molecule has 0 aliphatic rings. The van der Waals surface area contributed by atoms with E-state index in [2.05, 4.69) is 20.1 Å². The van der Waals surface area contributed by atoms with Crippen LogP contribution in [-0.2, 0) is 13.2 Å². The molecule has 4 rings (SSSR count). The van der Waals surface area contributed by atoms with Crippen LogP contribution in [0, 0.1) is 10.1 Å². The van der Waals surface area contributed by atoms with Crippen LogP contribution in [0.3, 0.4) is 0 Å². The van der Waals surface area contributed by atoms with E-state index in [-0.39, 0.29) is 5.69 Å². The van der Waals surface area contributed by atoms with Gasteiger partial charge in [-0.15, -0.1) is 5.10 Å². The van der Waals surface area contributed by atoms with E-state index >= 15 is 0 Å². The predicted octanol–water partition coefficient (Wildman–Crippen LogP) is 3.13. The van der Waals surface area contributed by atoms with Gasteiger partial charge in [0, 0.05) is 36.0 Å². The highest BCUT2D eigenvalue weighted by Crippen LogP contribution is 2.19. The first-order chi connectivity index (χ1) is 14.1. The molecule has 2 aromatic carbocycles. The van der Waals surface area contributed by atoms with Crippen molar-refractivity contribution in [2.75, 3.05) is 7.05 Å². The minimum Gasteiger partial charge on any atom is -0.283 e. The minimum absolute atomic E-state index is 0.0453. The smallest absolute Gasteiger partial charge is 0.269 e. The lowest BCUT2D eigenvalue weighted by atomic mass is 10.2. The number of hydrogen-bond acceptors (Lipinski definition) is 6. The quantitative estimate of drug-likeness (QED) is 0.356. The summed E-state index contributed by atoms with van der Waals surface area (Å²) < 4.78 is 3.59. The van der Waals surface area contributed by atoms with Gasteiger partial charge in [-0.1, -0.05) is 18.2 Å². The Bertz CT molecular complexity index is 1100. The van der Waals surface area contributed by atoms with Gasteiger partial charge in [0.1, 0.15) is 6.33 Å². The van der Waals surface area contributed by atoms with E-state index in [1.54, 1.807) is 23.1 Å². The van der Waals surface area contributed by atoms with E-state index < -0.39 is 4.92 Å². The van der Waals surface area contributed by atoms with Gasteiger partial charge in [-0.3, -0.25) is 15.0 Å². The molecule has 29 heavy (non-hydrogen) atoms. The number of para-hydroxylation sites is 1. The van der Waals surface area contributed by atoms with Crippen LogP contribution >= 0.6 is 0 Å². The number of nitro groups is 1. The Hall–Kier alpha value is -3.85. The number of aromatic nitrogens is 5. The predicted molar refractivity (Wildman–Crippen MR) is 107 cm³/mol. The van der Waals surface area contributed by atoms with Gasteiger partial charge >= 0.3 is 0 Å². The van der Waals surface area contributed by atoms with E-state index in [0.29, 0.717) is 19.0 Å². The second-order valence-corrected chi connectivity index (χ2v) is 6.70. The third-order valence-electron chi connectivity index (χ3n) is 4.37. The number of rotatable bonds is 7. The van der Waals surface area contributed by atoms with Crippen molar-refractivity contribution in [1.82, 2.24) is 29.4 Å². The monoisotopic (exact) mass is 389 g/mol. The molecule has 0 spiro atoms. The summed E-state index contributed by atoms with van der Waals surface area (Å²) in [5, 5.41) is 19.6. The molecule has 0 amide bonds. The van der Waals surface area contributed by atoms with Crippen molar-refractivity contribution in [2.45, 2.75) is 13.2 Å². The molecule has 0 saturated heterocycles. The number of non-ortho nitro benzene ring substituents is 1. The zero-order chi connectivity index (χ0) is 20.2. The Balaban J connectivity index is 1.39. The van der Waals surface area contributed by atoms with Crippen LogP contribution in [0.1, 0.15) is 5.56 Å². The maximum atomic E-state index is 10.8. The zero-order valence-corrected chi connectivity index (χ0v) is 15.8. The van der Waals surface area contributed by atoms with Crippen molar-refractivity contribution in [3.63, 3.8) is 0 Å². The van der Waals surface area contributed by atoms with Crippen LogP contribution < -0.4 is 0 Å². The number of benzene rings is 2. The fourth-order valence-electron chi connectivity index (χ4n) is 3.00. The van der Waals surface area contributed by atoms with Crippen molar-refractivity contribution in [1.29, 1.82) is 0 Å². The van der Waals surface area contributed by atoms with Crippen LogP contribution in [0.5, 0.6) is 0 Å². The van der Waals surface area contributed by atoms with Crippen molar-refractivity contribution in [2.24, 2.45) is 0 Å². The molecule has 9 heteroatoms. The minimum atomic E-state index is -0.426. The topological polar surface area (TPSA) is 94.9 Å². The first-order valence-corrected chi connectivity index (χ1v) is 9.00. The van der Waals surface area contributed by atoms with E-state index in [0.717, 1.165) is 16.8 Å². The summed E-state index contributed by atoms with van der Waals surface area (Å²) in [6.45, 7) is 1.26. The molecule has 2 heterocycles. The molecule has 0 atom stereocenters. The highest BCUT2D eigenvalue weighted by atomic mass is 16.6. The SMILES string of the molecule is CN(Cc1cnn(-c2ccccc2)c1)Cn1cnc(-c2ccc([N+](=O)[O-])cc2)n1. The summed E-state index contributed by atoms with van der Waals surface area (Å²) in [7, 11) is 1.99. The number of hydrogen-bond donors (Lipinski definition) is 0. The molecule has 0 N–H and O–H groups in total. The molecular formula is C20H19N7O2. The third kappa shape index (κ3) is 4.36. The van der Waals surface area contributed by atoms with Gasteiger partial charge in [0.2, 0.25) is 0 Å². The van der Waals surface area contributed by atoms with Crippen molar-refractivity contribution in [3.05, 3.63) is 89.0 Å². The Morgan fingerprint density at radius 3 is 2.59 bits per heavy atom. The molecule has 2 aromatic heterocycles. The van der Waals surface area contributed by atoms with Crippen LogP contribution in [0.15, 0.2) is 73.3 Å². The number of nitro benzene ring substituents is 1. The summed E-state index contributed by atoms with van der Waals surface area (Å²) in [5.41, 5.74) is 2.89.